The number of benzene rings is 1. The molecule has 2 atom stereocenters. The van der Waals surface area contributed by atoms with E-state index in [1.807, 2.05) is 18.4 Å². The summed E-state index contributed by atoms with van der Waals surface area (Å²) >= 11 is 7.56. The maximum atomic E-state index is 12.8. The summed E-state index contributed by atoms with van der Waals surface area (Å²) in [6, 6.07) is 10.2. The highest BCUT2D eigenvalue weighted by atomic mass is 35.5. The van der Waals surface area contributed by atoms with E-state index in [9.17, 15) is 8.42 Å². The molecule has 3 rings (SSSR count). The number of hydrogen-bond acceptors (Lipinski definition) is 5. The topological polar surface area (TPSA) is 52.6 Å². The molecule has 0 spiro atoms. The van der Waals surface area contributed by atoms with Crippen LogP contribution in [0.5, 0.6) is 0 Å². The van der Waals surface area contributed by atoms with Crippen molar-refractivity contribution in [2.45, 2.75) is 30.8 Å². The maximum Gasteiger partial charge on any atom is 0.240 e. The average Bonchev–Trinajstić information content (AvgIpc) is 3.16. The molecular formula is C19H26ClN3O2S2. The molecule has 1 N–H and O–H groups in total. The molecule has 0 amide bonds. The maximum absolute atomic E-state index is 12.8. The molecule has 5 nitrogen and oxygen atoms in total. The van der Waals surface area contributed by atoms with Crippen molar-refractivity contribution in [3.63, 3.8) is 0 Å². The lowest BCUT2D eigenvalue weighted by Gasteiger charge is -2.41. The van der Waals surface area contributed by atoms with Gasteiger partial charge in [-0.05, 0) is 49.2 Å². The second-order valence-corrected chi connectivity index (χ2v) is 9.92. The Morgan fingerprint density at radius 2 is 1.81 bits per heavy atom. The van der Waals surface area contributed by atoms with Crippen LogP contribution in [0.15, 0.2) is 46.7 Å². The van der Waals surface area contributed by atoms with Gasteiger partial charge in [-0.3, -0.25) is 4.90 Å². The molecule has 1 aromatic carbocycles. The van der Waals surface area contributed by atoms with Gasteiger partial charge in [0.2, 0.25) is 10.0 Å². The highest BCUT2D eigenvalue weighted by Gasteiger charge is 2.32. The molecule has 2 heterocycles. The summed E-state index contributed by atoms with van der Waals surface area (Å²) in [6.07, 6.45) is 0. The van der Waals surface area contributed by atoms with E-state index in [-0.39, 0.29) is 17.0 Å². The third kappa shape index (κ3) is 5.10. The normalized spacial score (nSPS) is 19.1. The van der Waals surface area contributed by atoms with Crippen molar-refractivity contribution >= 4 is 33.0 Å². The van der Waals surface area contributed by atoms with E-state index in [1.54, 1.807) is 23.5 Å². The highest BCUT2D eigenvalue weighted by molar-refractivity contribution is 7.89. The van der Waals surface area contributed by atoms with Gasteiger partial charge in [-0.1, -0.05) is 24.6 Å². The minimum atomic E-state index is -3.61. The van der Waals surface area contributed by atoms with Gasteiger partial charge in [0.05, 0.1) is 10.9 Å². The first kappa shape index (κ1) is 20.8. The molecular weight excluding hydrogens is 402 g/mol. The van der Waals surface area contributed by atoms with Crippen molar-refractivity contribution in [1.29, 1.82) is 0 Å². The van der Waals surface area contributed by atoms with E-state index in [0.29, 0.717) is 5.02 Å². The van der Waals surface area contributed by atoms with E-state index in [0.717, 1.165) is 32.7 Å². The molecule has 2 aromatic rings. The van der Waals surface area contributed by atoms with Crippen LogP contribution in [-0.2, 0) is 10.0 Å². The van der Waals surface area contributed by atoms with E-state index < -0.39 is 10.0 Å². The number of sulfonamides is 1. The Bertz CT molecular complexity index is 817. The molecule has 0 aliphatic carbocycles. The predicted octanol–water partition coefficient (Wildman–Crippen LogP) is 3.45. The van der Waals surface area contributed by atoms with Crippen LogP contribution in [-0.4, -0.2) is 57.0 Å². The standard InChI is InChI=1S/C19H26ClN3O2S2/c1-3-22-10-12-23(13-11-22)19(18-5-4-14-26-18)15(2)21-27(24,25)17-8-6-16(20)7-9-17/h4-9,14-15,19,21H,3,10-13H2,1-2H3/t15-,19-/m1/s1. The van der Waals surface area contributed by atoms with Gasteiger partial charge in [0.25, 0.3) is 0 Å². The minimum absolute atomic E-state index is 0.0195. The van der Waals surface area contributed by atoms with Gasteiger partial charge in [-0.25, -0.2) is 13.1 Å². The summed E-state index contributed by atoms with van der Waals surface area (Å²) in [5.41, 5.74) is 0. The molecule has 1 aliphatic heterocycles. The summed E-state index contributed by atoms with van der Waals surface area (Å²) in [6.45, 7) is 9.06. The number of likely N-dealkylation sites (N-methyl/N-ethyl adjacent to an activating group) is 1. The van der Waals surface area contributed by atoms with Gasteiger partial charge >= 0.3 is 0 Å². The first-order valence-electron chi connectivity index (χ1n) is 9.18. The smallest absolute Gasteiger partial charge is 0.240 e. The van der Waals surface area contributed by atoms with Crippen LogP contribution in [0.1, 0.15) is 24.8 Å². The second-order valence-electron chi connectivity index (χ2n) is 6.79. The molecule has 1 aliphatic rings. The van der Waals surface area contributed by atoms with E-state index in [2.05, 4.69) is 27.5 Å². The molecule has 0 radical (unpaired) electrons. The summed E-state index contributed by atoms with van der Waals surface area (Å²) in [5, 5.41) is 2.57. The van der Waals surface area contributed by atoms with Crippen molar-refractivity contribution in [2.75, 3.05) is 32.7 Å². The number of nitrogens with one attached hydrogen (secondary N) is 1. The average molecular weight is 428 g/mol. The van der Waals surface area contributed by atoms with E-state index in [1.165, 1.54) is 17.0 Å². The van der Waals surface area contributed by atoms with Gasteiger partial charge in [0.1, 0.15) is 0 Å². The molecule has 0 bridgehead atoms. The third-order valence-electron chi connectivity index (χ3n) is 5.02. The Morgan fingerprint density at radius 3 is 2.37 bits per heavy atom. The molecule has 0 unspecified atom stereocenters. The third-order valence-corrected chi connectivity index (χ3v) is 7.79. The lowest BCUT2D eigenvalue weighted by atomic mass is 10.1. The van der Waals surface area contributed by atoms with Crippen LogP contribution in [0.2, 0.25) is 5.02 Å². The van der Waals surface area contributed by atoms with Crippen molar-refractivity contribution in [3.8, 4) is 0 Å². The fraction of sp³-hybridized carbons (Fsp3) is 0.474. The largest absolute Gasteiger partial charge is 0.301 e. The van der Waals surface area contributed by atoms with Crippen molar-refractivity contribution in [3.05, 3.63) is 51.7 Å². The fourth-order valence-corrected chi connectivity index (χ4v) is 5.89. The Hall–Kier alpha value is -0.960. The Labute approximate surface area is 171 Å². The van der Waals surface area contributed by atoms with Crippen molar-refractivity contribution in [2.24, 2.45) is 0 Å². The summed E-state index contributed by atoms with van der Waals surface area (Å²) < 4.78 is 28.5. The number of hydrogen-bond donors (Lipinski definition) is 1. The SMILES string of the molecule is CCN1CCN([C@@H](c2cccs2)[C@@H](C)NS(=O)(=O)c2ccc(Cl)cc2)CC1. The van der Waals surface area contributed by atoms with Crippen molar-refractivity contribution in [1.82, 2.24) is 14.5 Å². The molecule has 148 valence electrons. The Kier molecular flexibility index (Phi) is 6.94. The molecule has 1 aromatic heterocycles. The minimum Gasteiger partial charge on any atom is -0.301 e. The molecule has 1 saturated heterocycles. The monoisotopic (exact) mass is 427 g/mol. The van der Waals surface area contributed by atoms with Gasteiger partial charge in [0.15, 0.2) is 0 Å². The molecule has 1 fully saturated rings. The number of halogens is 1. The quantitative estimate of drug-likeness (QED) is 0.735. The zero-order valence-electron chi connectivity index (χ0n) is 15.6. The molecule has 0 saturated carbocycles. The first-order valence-corrected chi connectivity index (χ1v) is 11.9. The van der Waals surface area contributed by atoms with Gasteiger partial charge in [-0.15, -0.1) is 11.3 Å². The Balaban J connectivity index is 1.79. The highest BCUT2D eigenvalue weighted by Crippen LogP contribution is 2.30. The van der Waals surface area contributed by atoms with Crippen molar-refractivity contribution < 1.29 is 8.42 Å². The summed E-state index contributed by atoms with van der Waals surface area (Å²) in [4.78, 5) is 6.24. The lowest BCUT2D eigenvalue weighted by Crippen LogP contribution is -2.52. The number of piperazine rings is 1. The van der Waals surface area contributed by atoms with E-state index in [4.69, 9.17) is 11.6 Å². The molecule has 8 heteroatoms. The number of nitrogens with zero attached hydrogens (tertiary/aromatic N) is 2. The predicted molar refractivity (Wildman–Crippen MR) is 112 cm³/mol. The van der Waals surface area contributed by atoms with Crippen LogP contribution < -0.4 is 4.72 Å². The van der Waals surface area contributed by atoms with Crippen LogP contribution in [0.4, 0.5) is 0 Å². The van der Waals surface area contributed by atoms with Crippen LogP contribution in [0.3, 0.4) is 0 Å². The molecule has 27 heavy (non-hydrogen) atoms. The van der Waals surface area contributed by atoms with E-state index >= 15 is 0 Å². The summed E-state index contributed by atoms with van der Waals surface area (Å²) in [7, 11) is -3.61. The van der Waals surface area contributed by atoms with Crippen LogP contribution in [0, 0.1) is 0 Å². The first-order chi connectivity index (χ1) is 12.9. The van der Waals surface area contributed by atoms with Crippen LogP contribution >= 0.6 is 22.9 Å². The van der Waals surface area contributed by atoms with Gasteiger partial charge in [0, 0.05) is 42.1 Å². The zero-order valence-corrected chi connectivity index (χ0v) is 18.0. The number of thiophene rings is 1. The van der Waals surface area contributed by atoms with Crippen LogP contribution in [0.25, 0.3) is 0 Å². The summed E-state index contributed by atoms with van der Waals surface area (Å²) in [5.74, 6) is 0. The van der Waals surface area contributed by atoms with Gasteiger partial charge in [-0.2, -0.15) is 0 Å². The fourth-order valence-electron chi connectivity index (χ4n) is 3.55. The Morgan fingerprint density at radius 1 is 1.15 bits per heavy atom. The number of rotatable bonds is 7. The second kappa shape index (κ2) is 9.03. The van der Waals surface area contributed by atoms with Gasteiger partial charge < -0.3 is 4.90 Å². The lowest BCUT2D eigenvalue weighted by molar-refractivity contribution is 0.0888. The zero-order chi connectivity index (χ0) is 19.4.